The number of benzene rings is 2. The second kappa shape index (κ2) is 11.2. The normalized spacial score (nSPS) is 11.9. The fraction of sp³-hybridized carbons (Fsp3) is 0.348. The first-order chi connectivity index (χ1) is 15.9. The Bertz CT molecular complexity index is 1130. The number of likely N-dealkylation sites (N-methyl/N-ethyl adjacent to an activating group) is 1. The third-order valence-corrected chi connectivity index (χ3v) is 5.58. The van der Waals surface area contributed by atoms with Crippen LogP contribution in [0.5, 0.6) is 5.75 Å². The van der Waals surface area contributed by atoms with Gasteiger partial charge in [0.1, 0.15) is 17.9 Å². The number of methoxy groups -OCH3 is 2. The number of anilines is 2. The van der Waals surface area contributed by atoms with Crippen LogP contribution in [0.15, 0.2) is 36.7 Å². The van der Waals surface area contributed by atoms with E-state index in [-0.39, 0.29) is 29.2 Å². The van der Waals surface area contributed by atoms with Gasteiger partial charge in [-0.15, -0.1) is 0 Å². The predicted molar refractivity (Wildman–Crippen MR) is 127 cm³/mol. The lowest BCUT2D eigenvalue weighted by atomic mass is 10.1. The molecule has 2 N–H and O–H groups in total. The number of ether oxygens (including phenoxy) is 2. The Morgan fingerprint density at radius 3 is 2.76 bits per heavy atom. The molecule has 0 aliphatic heterocycles. The molecule has 3 aromatic rings. The van der Waals surface area contributed by atoms with Crippen molar-refractivity contribution in [2.24, 2.45) is 0 Å². The molecular formula is C23H27ClFN5O3. The summed E-state index contributed by atoms with van der Waals surface area (Å²) in [6.07, 6.45) is 1.38. The summed E-state index contributed by atoms with van der Waals surface area (Å²) >= 11 is 5.91. The van der Waals surface area contributed by atoms with Crippen LogP contribution in [-0.2, 0) is 16.1 Å². The van der Waals surface area contributed by atoms with Crippen LogP contribution in [0.25, 0.3) is 10.9 Å². The topological polar surface area (TPSA) is 88.6 Å². The van der Waals surface area contributed by atoms with Gasteiger partial charge in [0, 0.05) is 37.2 Å². The number of amides is 1. The van der Waals surface area contributed by atoms with E-state index in [9.17, 15) is 9.18 Å². The number of carbonyl (C=O) groups excluding carboxylic acids is 1. The molecule has 8 nitrogen and oxygen atoms in total. The lowest BCUT2D eigenvalue weighted by Gasteiger charge is -2.26. The largest absolute Gasteiger partial charge is 0.496 e. The van der Waals surface area contributed by atoms with Crippen molar-refractivity contribution in [2.45, 2.75) is 19.5 Å². The highest BCUT2D eigenvalue weighted by Gasteiger charge is 2.22. The van der Waals surface area contributed by atoms with E-state index >= 15 is 0 Å². The predicted octanol–water partition coefficient (Wildman–Crippen LogP) is 3.76. The zero-order chi connectivity index (χ0) is 24.0. The molecule has 1 amide bonds. The monoisotopic (exact) mass is 475 g/mol. The number of carbonyl (C=O) groups is 1. The van der Waals surface area contributed by atoms with Crippen LogP contribution in [0.4, 0.5) is 15.9 Å². The summed E-state index contributed by atoms with van der Waals surface area (Å²) in [4.78, 5) is 23.2. The van der Waals surface area contributed by atoms with E-state index in [2.05, 4.69) is 20.6 Å². The Morgan fingerprint density at radius 2 is 2.06 bits per heavy atom. The highest BCUT2D eigenvalue weighted by molar-refractivity contribution is 6.31. The first-order valence-corrected chi connectivity index (χ1v) is 10.7. The van der Waals surface area contributed by atoms with E-state index in [1.807, 2.05) is 6.07 Å². The molecule has 33 heavy (non-hydrogen) atoms. The van der Waals surface area contributed by atoms with Crippen LogP contribution in [0, 0.1) is 5.82 Å². The number of rotatable bonds is 10. The highest BCUT2D eigenvalue weighted by Crippen LogP contribution is 2.32. The van der Waals surface area contributed by atoms with E-state index < -0.39 is 5.82 Å². The Kier molecular flexibility index (Phi) is 8.37. The maximum absolute atomic E-state index is 14.5. The van der Waals surface area contributed by atoms with Crippen molar-refractivity contribution in [1.29, 1.82) is 0 Å². The molecule has 0 fully saturated rings. The fourth-order valence-electron chi connectivity index (χ4n) is 3.34. The Morgan fingerprint density at radius 1 is 1.27 bits per heavy atom. The number of hydrogen-bond acceptors (Lipinski definition) is 7. The lowest BCUT2D eigenvalue weighted by Crippen LogP contribution is -2.44. The molecule has 0 bridgehead atoms. The molecule has 176 valence electrons. The second-order valence-corrected chi connectivity index (χ2v) is 7.80. The fourth-order valence-corrected chi connectivity index (χ4v) is 3.52. The first kappa shape index (κ1) is 24.6. The van der Waals surface area contributed by atoms with Crippen molar-refractivity contribution in [2.75, 3.05) is 39.7 Å². The molecule has 0 radical (unpaired) electrons. The molecule has 2 aromatic carbocycles. The van der Waals surface area contributed by atoms with Crippen LogP contribution >= 0.6 is 11.6 Å². The average Bonchev–Trinajstić information content (AvgIpc) is 2.83. The van der Waals surface area contributed by atoms with Gasteiger partial charge in [0.2, 0.25) is 5.91 Å². The van der Waals surface area contributed by atoms with E-state index in [1.54, 1.807) is 51.3 Å². The van der Waals surface area contributed by atoms with Crippen LogP contribution in [0.3, 0.4) is 0 Å². The zero-order valence-corrected chi connectivity index (χ0v) is 19.7. The van der Waals surface area contributed by atoms with E-state index in [0.717, 1.165) is 5.56 Å². The minimum Gasteiger partial charge on any atom is -0.496 e. The molecule has 1 heterocycles. The molecule has 3 rings (SSSR count). The number of halogens is 2. The van der Waals surface area contributed by atoms with Crippen molar-refractivity contribution >= 4 is 39.9 Å². The van der Waals surface area contributed by atoms with Crippen molar-refractivity contribution in [3.8, 4) is 5.75 Å². The van der Waals surface area contributed by atoms with Crippen LogP contribution in [0.2, 0.25) is 5.02 Å². The van der Waals surface area contributed by atoms with Crippen LogP contribution < -0.4 is 15.4 Å². The highest BCUT2D eigenvalue weighted by atomic mass is 35.5. The molecule has 0 saturated carbocycles. The summed E-state index contributed by atoms with van der Waals surface area (Å²) in [6.45, 7) is 2.89. The number of nitrogens with zero attached hydrogens (tertiary/aromatic N) is 3. The smallest absolute Gasteiger partial charge is 0.239 e. The number of aromatic nitrogens is 2. The summed E-state index contributed by atoms with van der Waals surface area (Å²) in [5, 5.41) is 6.62. The number of fused-ring (bicyclic) bond motifs is 1. The molecule has 0 aliphatic carbocycles. The van der Waals surface area contributed by atoms with Gasteiger partial charge in [-0.05, 0) is 32.2 Å². The number of hydrogen-bond donors (Lipinski definition) is 2. The van der Waals surface area contributed by atoms with Crippen LogP contribution in [-0.4, -0.2) is 61.2 Å². The van der Waals surface area contributed by atoms with E-state index in [4.69, 9.17) is 21.1 Å². The van der Waals surface area contributed by atoms with Gasteiger partial charge in [-0.3, -0.25) is 4.79 Å². The van der Waals surface area contributed by atoms with Crippen molar-refractivity contribution in [3.05, 3.63) is 53.1 Å². The molecule has 10 heteroatoms. The molecule has 1 atom stereocenters. The standard InChI is InChI=1S/C23H27ClFN5O3/c1-14(26-2)23(31)30(8-9-32-3)12-15-10-16-19(11-20(15)33-4)27-13-28-22(16)29-18-7-5-6-17(24)21(18)25/h5-7,10-11,13-14,26H,8-9,12H2,1-4H3,(H,27,28,29)/t14-/m1/s1. The third kappa shape index (κ3) is 5.68. The van der Waals surface area contributed by atoms with Crippen molar-refractivity contribution in [3.63, 3.8) is 0 Å². The summed E-state index contributed by atoms with van der Waals surface area (Å²) in [7, 11) is 4.88. The molecule has 0 spiro atoms. The molecule has 1 aromatic heterocycles. The number of nitrogens with one attached hydrogen (secondary N) is 2. The zero-order valence-electron chi connectivity index (χ0n) is 19.0. The molecule has 0 unspecified atom stereocenters. The van der Waals surface area contributed by atoms with E-state index in [0.29, 0.717) is 35.6 Å². The minimum atomic E-state index is -0.572. The molecular weight excluding hydrogens is 449 g/mol. The van der Waals surface area contributed by atoms with Gasteiger partial charge < -0.3 is 25.0 Å². The average molecular weight is 476 g/mol. The second-order valence-electron chi connectivity index (χ2n) is 7.39. The summed E-state index contributed by atoms with van der Waals surface area (Å²) in [6, 6.07) is 7.95. The summed E-state index contributed by atoms with van der Waals surface area (Å²) in [5.74, 6) is 0.342. The van der Waals surface area contributed by atoms with Gasteiger partial charge in [-0.25, -0.2) is 14.4 Å². The lowest BCUT2D eigenvalue weighted by molar-refractivity contribution is -0.134. The van der Waals surface area contributed by atoms with Crippen molar-refractivity contribution in [1.82, 2.24) is 20.2 Å². The van der Waals surface area contributed by atoms with Gasteiger partial charge in [-0.1, -0.05) is 17.7 Å². The van der Waals surface area contributed by atoms with Gasteiger partial charge in [0.05, 0.1) is 36.0 Å². The Hall–Kier alpha value is -3.01. The van der Waals surface area contributed by atoms with Crippen molar-refractivity contribution < 1.29 is 18.7 Å². The third-order valence-electron chi connectivity index (χ3n) is 5.28. The molecule has 0 aliphatic rings. The quantitative estimate of drug-likeness (QED) is 0.461. The van der Waals surface area contributed by atoms with Gasteiger partial charge in [0.15, 0.2) is 5.82 Å². The molecule has 0 saturated heterocycles. The summed E-state index contributed by atoms with van der Waals surface area (Å²) < 4.78 is 25.2. The Balaban J connectivity index is 2.03. The van der Waals surface area contributed by atoms with Gasteiger partial charge >= 0.3 is 0 Å². The SMILES string of the molecule is CN[C@H](C)C(=O)N(CCOC)Cc1cc2c(Nc3cccc(Cl)c3F)ncnc2cc1OC. The minimum absolute atomic E-state index is 0.00618. The first-order valence-electron chi connectivity index (χ1n) is 10.4. The van der Waals surface area contributed by atoms with Gasteiger partial charge in [0.25, 0.3) is 0 Å². The maximum atomic E-state index is 14.5. The maximum Gasteiger partial charge on any atom is 0.239 e. The van der Waals surface area contributed by atoms with E-state index in [1.165, 1.54) is 12.4 Å². The van der Waals surface area contributed by atoms with Crippen LogP contribution in [0.1, 0.15) is 12.5 Å². The summed E-state index contributed by atoms with van der Waals surface area (Å²) in [5.41, 5.74) is 1.55. The Labute approximate surface area is 197 Å². The van der Waals surface area contributed by atoms with Gasteiger partial charge in [-0.2, -0.15) is 0 Å².